The molecule has 0 aromatic heterocycles. The van der Waals surface area contributed by atoms with Gasteiger partial charge < -0.3 is 23.7 Å². The second-order valence-corrected chi connectivity index (χ2v) is 5.41. The lowest BCUT2D eigenvalue weighted by molar-refractivity contribution is -0.0104. The first-order valence-corrected chi connectivity index (χ1v) is 9.30. The molecule has 0 heterocycles. The minimum atomic E-state index is 0.601. The predicted molar refractivity (Wildman–Crippen MR) is 93.1 cm³/mol. The van der Waals surface area contributed by atoms with Crippen LogP contribution in [0.1, 0.15) is 52.4 Å². The van der Waals surface area contributed by atoms with Crippen LogP contribution in [-0.2, 0) is 23.7 Å². The molecular weight excluding hydrogens is 296 g/mol. The number of hydrogen-bond acceptors (Lipinski definition) is 5. The lowest BCUT2D eigenvalue weighted by atomic mass is 10.1. The average Bonchev–Trinajstić information content (AvgIpc) is 2.57. The van der Waals surface area contributed by atoms with Crippen molar-refractivity contribution < 1.29 is 23.7 Å². The molecule has 0 aromatic carbocycles. The van der Waals surface area contributed by atoms with Gasteiger partial charge in [-0.15, -0.1) is 0 Å². The highest BCUT2D eigenvalue weighted by molar-refractivity contribution is 4.43. The van der Waals surface area contributed by atoms with Crippen LogP contribution in [0, 0.1) is 0 Å². The number of unbranched alkanes of at least 4 members (excludes halogenated alkanes) is 5. The summed E-state index contributed by atoms with van der Waals surface area (Å²) in [5, 5.41) is 0. The standard InChI is InChI=1S/C18H38O5/c1-3-5-6-7-8-9-10-20-13-14-22-17-18-23-16-15-21-12-11-19-4-2/h3-18H2,1-2H3. The molecule has 5 heteroatoms. The van der Waals surface area contributed by atoms with Gasteiger partial charge in [0.15, 0.2) is 0 Å². The molecule has 0 aliphatic carbocycles. The summed E-state index contributed by atoms with van der Waals surface area (Å²) < 4.78 is 26.9. The molecule has 23 heavy (non-hydrogen) atoms. The number of ether oxygens (including phenoxy) is 5. The van der Waals surface area contributed by atoms with Gasteiger partial charge in [0.05, 0.1) is 52.9 Å². The average molecular weight is 334 g/mol. The summed E-state index contributed by atoms with van der Waals surface area (Å²) in [5.41, 5.74) is 0. The summed E-state index contributed by atoms with van der Waals surface area (Å²) in [6.07, 6.45) is 7.80. The smallest absolute Gasteiger partial charge is 0.0701 e. The van der Waals surface area contributed by atoms with Crippen LogP contribution >= 0.6 is 0 Å². The highest BCUT2D eigenvalue weighted by Gasteiger charge is 1.94. The zero-order valence-corrected chi connectivity index (χ0v) is 15.4. The first-order chi connectivity index (χ1) is 11.4. The summed E-state index contributed by atoms with van der Waals surface area (Å²) >= 11 is 0. The van der Waals surface area contributed by atoms with Crippen molar-refractivity contribution in [2.24, 2.45) is 0 Å². The first kappa shape index (κ1) is 22.8. The summed E-state index contributed by atoms with van der Waals surface area (Å²) in [6.45, 7) is 10.8. The fourth-order valence-corrected chi connectivity index (χ4v) is 2.01. The zero-order chi connectivity index (χ0) is 16.8. The third-order valence-corrected chi connectivity index (χ3v) is 3.33. The molecule has 140 valence electrons. The molecule has 0 rings (SSSR count). The van der Waals surface area contributed by atoms with Crippen molar-refractivity contribution in [1.82, 2.24) is 0 Å². The largest absolute Gasteiger partial charge is 0.379 e. The molecule has 0 unspecified atom stereocenters. The highest BCUT2D eigenvalue weighted by Crippen LogP contribution is 2.04. The van der Waals surface area contributed by atoms with Gasteiger partial charge in [0.25, 0.3) is 0 Å². The molecule has 0 atom stereocenters. The molecule has 0 amide bonds. The monoisotopic (exact) mass is 334 g/mol. The molecule has 0 spiro atoms. The van der Waals surface area contributed by atoms with Crippen molar-refractivity contribution in [3.05, 3.63) is 0 Å². The van der Waals surface area contributed by atoms with Gasteiger partial charge in [0, 0.05) is 13.2 Å². The maximum absolute atomic E-state index is 5.53. The summed E-state index contributed by atoms with van der Waals surface area (Å²) in [4.78, 5) is 0. The Morgan fingerprint density at radius 2 is 0.783 bits per heavy atom. The van der Waals surface area contributed by atoms with E-state index in [4.69, 9.17) is 23.7 Å². The minimum Gasteiger partial charge on any atom is -0.379 e. The number of rotatable bonds is 20. The van der Waals surface area contributed by atoms with Gasteiger partial charge in [0.1, 0.15) is 0 Å². The fraction of sp³-hybridized carbons (Fsp3) is 1.00. The van der Waals surface area contributed by atoms with E-state index in [1.807, 2.05) is 6.92 Å². The SMILES string of the molecule is CCCCCCCCOCCOCCOCCOCCOCC. The van der Waals surface area contributed by atoms with E-state index in [0.29, 0.717) is 52.9 Å². The van der Waals surface area contributed by atoms with Crippen LogP contribution in [0.4, 0.5) is 0 Å². The normalized spacial score (nSPS) is 11.2. The van der Waals surface area contributed by atoms with Crippen LogP contribution < -0.4 is 0 Å². The summed E-state index contributed by atoms with van der Waals surface area (Å²) in [5.74, 6) is 0. The quantitative estimate of drug-likeness (QED) is 0.319. The lowest BCUT2D eigenvalue weighted by Crippen LogP contribution is -2.13. The highest BCUT2D eigenvalue weighted by atomic mass is 16.6. The van der Waals surface area contributed by atoms with Gasteiger partial charge in [-0.3, -0.25) is 0 Å². The Labute approximate surface area is 143 Å². The van der Waals surface area contributed by atoms with E-state index < -0.39 is 0 Å². The van der Waals surface area contributed by atoms with E-state index in [1.165, 1.54) is 32.1 Å². The summed E-state index contributed by atoms with van der Waals surface area (Å²) in [6, 6.07) is 0. The molecular formula is C18H38O5. The van der Waals surface area contributed by atoms with E-state index in [0.717, 1.165) is 19.6 Å². The maximum atomic E-state index is 5.53. The first-order valence-electron chi connectivity index (χ1n) is 9.30. The van der Waals surface area contributed by atoms with Gasteiger partial charge in [-0.1, -0.05) is 39.0 Å². The number of hydrogen-bond donors (Lipinski definition) is 0. The molecule has 0 bridgehead atoms. The van der Waals surface area contributed by atoms with E-state index in [2.05, 4.69) is 6.92 Å². The second-order valence-electron chi connectivity index (χ2n) is 5.41. The minimum absolute atomic E-state index is 0.601. The van der Waals surface area contributed by atoms with Crippen LogP contribution in [0.5, 0.6) is 0 Å². The summed E-state index contributed by atoms with van der Waals surface area (Å²) in [7, 11) is 0. The molecule has 0 aliphatic rings. The van der Waals surface area contributed by atoms with Crippen LogP contribution in [0.2, 0.25) is 0 Å². The van der Waals surface area contributed by atoms with E-state index in [9.17, 15) is 0 Å². The Kier molecular flexibility index (Phi) is 21.6. The Morgan fingerprint density at radius 1 is 0.391 bits per heavy atom. The third-order valence-electron chi connectivity index (χ3n) is 3.33. The van der Waals surface area contributed by atoms with Crippen molar-refractivity contribution in [3.63, 3.8) is 0 Å². The molecule has 0 radical (unpaired) electrons. The predicted octanol–water partition coefficient (Wildman–Crippen LogP) is 3.45. The van der Waals surface area contributed by atoms with Gasteiger partial charge in [-0.2, -0.15) is 0 Å². The Balaban J connectivity index is 2.92. The molecule has 0 aliphatic heterocycles. The maximum Gasteiger partial charge on any atom is 0.0701 e. The van der Waals surface area contributed by atoms with Gasteiger partial charge in [0.2, 0.25) is 0 Å². The molecule has 0 fully saturated rings. The molecule has 5 nitrogen and oxygen atoms in total. The van der Waals surface area contributed by atoms with E-state index in [1.54, 1.807) is 0 Å². The van der Waals surface area contributed by atoms with Crippen molar-refractivity contribution >= 4 is 0 Å². The van der Waals surface area contributed by atoms with Crippen molar-refractivity contribution in [2.45, 2.75) is 52.4 Å². The van der Waals surface area contributed by atoms with Crippen molar-refractivity contribution in [2.75, 3.05) is 66.1 Å². The molecule has 0 aromatic rings. The van der Waals surface area contributed by atoms with Gasteiger partial charge in [-0.05, 0) is 13.3 Å². The topological polar surface area (TPSA) is 46.2 Å². The zero-order valence-electron chi connectivity index (χ0n) is 15.4. The van der Waals surface area contributed by atoms with Crippen LogP contribution in [-0.4, -0.2) is 66.1 Å². The van der Waals surface area contributed by atoms with Gasteiger partial charge in [-0.25, -0.2) is 0 Å². The van der Waals surface area contributed by atoms with Crippen LogP contribution in [0.25, 0.3) is 0 Å². The van der Waals surface area contributed by atoms with Crippen molar-refractivity contribution in [1.29, 1.82) is 0 Å². The Morgan fingerprint density at radius 3 is 1.26 bits per heavy atom. The Hall–Kier alpha value is -0.200. The lowest BCUT2D eigenvalue weighted by Gasteiger charge is -2.07. The van der Waals surface area contributed by atoms with E-state index >= 15 is 0 Å². The molecule has 0 saturated heterocycles. The van der Waals surface area contributed by atoms with E-state index in [-0.39, 0.29) is 0 Å². The second kappa shape index (κ2) is 21.8. The Bertz CT molecular complexity index is 182. The van der Waals surface area contributed by atoms with Crippen LogP contribution in [0.15, 0.2) is 0 Å². The van der Waals surface area contributed by atoms with Gasteiger partial charge >= 0.3 is 0 Å². The fourth-order valence-electron chi connectivity index (χ4n) is 2.01. The molecule has 0 saturated carbocycles. The van der Waals surface area contributed by atoms with Crippen LogP contribution in [0.3, 0.4) is 0 Å². The third kappa shape index (κ3) is 21.8. The van der Waals surface area contributed by atoms with Crippen molar-refractivity contribution in [3.8, 4) is 0 Å². The molecule has 0 N–H and O–H groups in total.